The fourth-order valence-electron chi connectivity index (χ4n) is 4.14. The molecule has 4 aromatic heterocycles. The third-order valence-electron chi connectivity index (χ3n) is 5.61. The zero-order valence-electron chi connectivity index (χ0n) is 19.3. The molecule has 12 heteroatoms. The van der Waals surface area contributed by atoms with E-state index >= 15 is 0 Å². The minimum absolute atomic E-state index is 0.0341. The summed E-state index contributed by atoms with van der Waals surface area (Å²) in [6, 6.07) is 10.5. The van der Waals surface area contributed by atoms with Gasteiger partial charge in [0.15, 0.2) is 22.7 Å². The molecule has 0 aliphatic heterocycles. The number of carboxylic acids is 1. The standard InChI is InChI=1S/C13H7F2NO4.C13H9F2NO2/c14-13(15)20-9-2-1-6(12(17)18)10-7-5-16-4-3-8(7)19-11(9)10;1-7-11-8-3-2-4-10(18-13(14)15)12(8)17-9(11)5-6-16-7/h1-5,13H,(H,17,18);2-6,13H,1H3. The van der Waals surface area contributed by atoms with Gasteiger partial charge in [-0.25, -0.2) is 4.79 Å². The van der Waals surface area contributed by atoms with E-state index in [1.807, 2.05) is 6.92 Å². The monoisotopic (exact) mass is 528 g/mol. The summed E-state index contributed by atoms with van der Waals surface area (Å²) in [5, 5.41) is 11.4. The molecule has 0 spiro atoms. The van der Waals surface area contributed by atoms with Crippen molar-refractivity contribution < 1.29 is 45.8 Å². The first kappa shape index (κ1) is 24.8. The van der Waals surface area contributed by atoms with Gasteiger partial charge in [-0.1, -0.05) is 12.1 Å². The molecule has 0 atom stereocenters. The molecule has 0 aliphatic carbocycles. The highest BCUT2D eigenvalue weighted by atomic mass is 19.3. The quantitative estimate of drug-likeness (QED) is 0.235. The lowest BCUT2D eigenvalue weighted by Gasteiger charge is -2.05. The smallest absolute Gasteiger partial charge is 0.387 e. The van der Waals surface area contributed by atoms with Crippen molar-refractivity contribution in [1.29, 1.82) is 0 Å². The van der Waals surface area contributed by atoms with E-state index in [9.17, 15) is 27.5 Å². The van der Waals surface area contributed by atoms with E-state index in [0.717, 1.165) is 22.5 Å². The molecule has 4 heterocycles. The minimum Gasteiger partial charge on any atom is -0.478 e. The van der Waals surface area contributed by atoms with Crippen molar-refractivity contribution in [2.24, 2.45) is 0 Å². The van der Waals surface area contributed by atoms with Crippen molar-refractivity contribution in [1.82, 2.24) is 9.97 Å². The normalized spacial score (nSPS) is 11.4. The number of fused-ring (bicyclic) bond motifs is 6. The van der Waals surface area contributed by atoms with Gasteiger partial charge in [0.05, 0.1) is 5.56 Å². The second-order valence-electron chi connectivity index (χ2n) is 7.86. The molecular formula is C26H16F4N2O6. The second kappa shape index (κ2) is 9.88. The average Bonchev–Trinajstić information content (AvgIpc) is 3.45. The summed E-state index contributed by atoms with van der Waals surface area (Å²) in [5.74, 6) is -1.36. The Bertz CT molecular complexity index is 1800. The van der Waals surface area contributed by atoms with Crippen LogP contribution in [0.3, 0.4) is 0 Å². The van der Waals surface area contributed by atoms with Crippen LogP contribution in [0.5, 0.6) is 11.5 Å². The first-order valence-corrected chi connectivity index (χ1v) is 10.9. The second-order valence-corrected chi connectivity index (χ2v) is 7.86. The Morgan fingerprint density at radius 2 is 1.53 bits per heavy atom. The Hall–Kier alpha value is -4.87. The number of alkyl halides is 4. The first-order valence-electron chi connectivity index (χ1n) is 10.9. The van der Waals surface area contributed by atoms with Gasteiger partial charge in [0, 0.05) is 45.8 Å². The molecule has 0 fully saturated rings. The minimum atomic E-state index is -3.03. The summed E-state index contributed by atoms with van der Waals surface area (Å²) in [7, 11) is 0. The number of carboxylic acid groups (broad SMARTS) is 1. The van der Waals surface area contributed by atoms with E-state index in [4.69, 9.17) is 8.83 Å². The van der Waals surface area contributed by atoms with Crippen molar-refractivity contribution in [2.45, 2.75) is 20.1 Å². The van der Waals surface area contributed by atoms with Gasteiger partial charge in [-0.05, 0) is 37.3 Å². The van der Waals surface area contributed by atoms with Crippen LogP contribution in [-0.2, 0) is 0 Å². The number of carbonyl (C=O) groups is 1. The lowest BCUT2D eigenvalue weighted by Crippen LogP contribution is -2.03. The highest BCUT2D eigenvalue weighted by Gasteiger charge is 2.21. The predicted molar refractivity (Wildman–Crippen MR) is 128 cm³/mol. The molecule has 8 nitrogen and oxygen atoms in total. The molecule has 0 saturated heterocycles. The molecule has 6 rings (SSSR count). The Morgan fingerprint density at radius 3 is 2.24 bits per heavy atom. The fourth-order valence-corrected chi connectivity index (χ4v) is 4.14. The number of hydrogen-bond donors (Lipinski definition) is 1. The Kier molecular flexibility index (Phi) is 6.45. The molecule has 0 radical (unpaired) electrons. The van der Waals surface area contributed by atoms with Gasteiger partial charge in [0.25, 0.3) is 0 Å². The number of aryl methyl sites for hydroxylation is 1. The van der Waals surface area contributed by atoms with Crippen LogP contribution in [0.4, 0.5) is 17.6 Å². The van der Waals surface area contributed by atoms with Crippen LogP contribution in [-0.4, -0.2) is 34.3 Å². The maximum Gasteiger partial charge on any atom is 0.387 e. The van der Waals surface area contributed by atoms with Gasteiger partial charge in [-0.2, -0.15) is 17.6 Å². The molecule has 0 amide bonds. The number of rotatable bonds is 5. The number of aromatic nitrogens is 2. The Balaban J connectivity index is 0.000000156. The van der Waals surface area contributed by atoms with Crippen molar-refractivity contribution >= 4 is 49.8 Å². The third kappa shape index (κ3) is 4.51. The summed E-state index contributed by atoms with van der Waals surface area (Å²) in [5.41, 5.74) is 1.98. The molecule has 194 valence electrons. The Labute approximate surface area is 210 Å². The topological polar surface area (TPSA) is 108 Å². The number of benzene rings is 2. The van der Waals surface area contributed by atoms with Crippen molar-refractivity contribution in [3.63, 3.8) is 0 Å². The molecule has 0 aliphatic rings. The number of pyridine rings is 2. The van der Waals surface area contributed by atoms with E-state index in [2.05, 4.69) is 19.4 Å². The lowest BCUT2D eigenvalue weighted by molar-refractivity contribution is -0.0500. The van der Waals surface area contributed by atoms with Crippen molar-refractivity contribution in [2.75, 3.05) is 0 Å². The van der Waals surface area contributed by atoms with Crippen LogP contribution < -0.4 is 9.47 Å². The third-order valence-corrected chi connectivity index (χ3v) is 5.61. The Morgan fingerprint density at radius 1 is 0.842 bits per heavy atom. The number of nitrogens with zero attached hydrogens (tertiary/aromatic N) is 2. The summed E-state index contributed by atoms with van der Waals surface area (Å²) < 4.78 is 69.1. The van der Waals surface area contributed by atoms with Crippen molar-refractivity contribution in [3.05, 3.63) is 72.3 Å². The molecule has 2 aromatic carbocycles. The van der Waals surface area contributed by atoms with E-state index in [-0.39, 0.29) is 28.0 Å². The maximum atomic E-state index is 12.4. The highest BCUT2D eigenvalue weighted by Crippen LogP contribution is 2.38. The zero-order valence-corrected chi connectivity index (χ0v) is 19.3. The van der Waals surface area contributed by atoms with Gasteiger partial charge in [-0.15, -0.1) is 0 Å². The number of furan rings is 2. The number of halogens is 4. The summed E-state index contributed by atoms with van der Waals surface area (Å²) in [6.07, 6.45) is 4.49. The van der Waals surface area contributed by atoms with Crippen LogP contribution in [0.2, 0.25) is 0 Å². The van der Waals surface area contributed by atoms with E-state index in [1.165, 1.54) is 30.6 Å². The maximum absolute atomic E-state index is 12.4. The largest absolute Gasteiger partial charge is 0.478 e. The van der Waals surface area contributed by atoms with Gasteiger partial charge < -0.3 is 23.4 Å². The van der Waals surface area contributed by atoms with Gasteiger partial charge in [0.2, 0.25) is 0 Å². The van der Waals surface area contributed by atoms with Gasteiger partial charge in [0.1, 0.15) is 11.2 Å². The van der Waals surface area contributed by atoms with Crippen molar-refractivity contribution in [3.8, 4) is 11.5 Å². The molecule has 0 unspecified atom stereocenters. The molecule has 38 heavy (non-hydrogen) atoms. The lowest BCUT2D eigenvalue weighted by atomic mass is 10.1. The summed E-state index contributed by atoms with van der Waals surface area (Å²) in [6.45, 7) is -4.05. The number of para-hydroxylation sites is 1. The van der Waals surface area contributed by atoms with E-state index < -0.39 is 19.2 Å². The summed E-state index contributed by atoms with van der Waals surface area (Å²) >= 11 is 0. The summed E-state index contributed by atoms with van der Waals surface area (Å²) in [4.78, 5) is 19.3. The number of hydrogen-bond acceptors (Lipinski definition) is 7. The average molecular weight is 528 g/mol. The predicted octanol–water partition coefficient (Wildman–Crippen LogP) is 7.17. The first-order chi connectivity index (χ1) is 18.2. The SMILES string of the molecule is Cc1nccc2oc3c(OC(F)F)cccc3c12.O=C(O)c1ccc(OC(F)F)c2oc3ccncc3c12. The molecule has 6 aromatic rings. The zero-order chi connectivity index (χ0) is 27.0. The highest BCUT2D eigenvalue weighted by molar-refractivity contribution is 6.16. The van der Waals surface area contributed by atoms with E-state index in [0.29, 0.717) is 22.1 Å². The molecule has 0 saturated carbocycles. The van der Waals surface area contributed by atoms with Crippen LogP contribution in [0.1, 0.15) is 16.1 Å². The number of aromatic carboxylic acids is 1. The van der Waals surface area contributed by atoms with Crippen LogP contribution in [0.25, 0.3) is 43.9 Å². The molecule has 1 N–H and O–H groups in total. The van der Waals surface area contributed by atoms with Crippen LogP contribution in [0, 0.1) is 6.92 Å². The molecular weight excluding hydrogens is 512 g/mol. The van der Waals surface area contributed by atoms with E-state index in [1.54, 1.807) is 24.4 Å². The molecule has 0 bridgehead atoms. The number of ether oxygens (including phenoxy) is 2. The fraction of sp³-hybridized carbons (Fsp3) is 0.115. The van der Waals surface area contributed by atoms with Gasteiger partial charge >= 0.3 is 19.2 Å². The van der Waals surface area contributed by atoms with Crippen LogP contribution >= 0.6 is 0 Å². The van der Waals surface area contributed by atoms with Gasteiger partial charge in [-0.3, -0.25) is 9.97 Å². The van der Waals surface area contributed by atoms with Crippen LogP contribution in [0.15, 0.2) is 69.9 Å².